The van der Waals surface area contributed by atoms with Crippen molar-refractivity contribution >= 4 is 0 Å². The Hall–Kier alpha value is -1.68. The average Bonchev–Trinajstić information content (AvgIpc) is 2.88. The maximum absolute atomic E-state index is 4.62. The molecule has 0 radical (unpaired) electrons. The Balaban J connectivity index is 2.26. The molecule has 1 atom stereocenters. The lowest BCUT2D eigenvalue weighted by Crippen LogP contribution is -2.22. The lowest BCUT2D eigenvalue weighted by molar-refractivity contribution is 0.529. The van der Waals surface area contributed by atoms with Gasteiger partial charge >= 0.3 is 0 Å². The van der Waals surface area contributed by atoms with Crippen LogP contribution in [-0.2, 0) is 19.4 Å². The summed E-state index contributed by atoms with van der Waals surface area (Å²) in [4.78, 5) is 4.54. The lowest BCUT2D eigenvalue weighted by atomic mass is 10.0. The van der Waals surface area contributed by atoms with E-state index in [1.165, 1.54) is 11.3 Å². The Morgan fingerprint density at radius 1 is 1.35 bits per heavy atom. The van der Waals surface area contributed by atoms with Crippen molar-refractivity contribution in [3.05, 3.63) is 47.0 Å². The highest BCUT2D eigenvalue weighted by molar-refractivity contribution is 5.23. The minimum atomic E-state index is 0.225. The van der Waals surface area contributed by atoms with Crippen LogP contribution < -0.4 is 5.32 Å². The van der Waals surface area contributed by atoms with E-state index < -0.39 is 0 Å². The van der Waals surface area contributed by atoms with Crippen LogP contribution in [0.25, 0.3) is 0 Å². The van der Waals surface area contributed by atoms with Gasteiger partial charge in [-0.05, 0) is 45.0 Å². The number of nitrogens with one attached hydrogen (secondary N) is 1. The number of rotatable bonds is 6. The van der Waals surface area contributed by atoms with Crippen molar-refractivity contribution in [2.75, 3.05) is 7.05 Å². The number of aromatic nitrogens is 3. The molecule has 0 aliphatic carbocycles. The van der Waals surface area contributed by atoms with E-state index in [0.717, 1.165) is 30.8 Å². The molecule has 2 aromatic rings. The first-order valence-corrected chi connectivity index (χ1v) is 7.33. The highest BCUT2D eigenvalue weighted by atomic mass is 15.3. The Labute approximate surface area is 121 Å². The monoisotopic (exact) mass is 272 g/mol. The van der Waals surface area contributed by atoms with E-state index in [0.29, 0.717) is 0 Å². The number of nitrogens with zero attached hydrogens (tertiary/aromatic N) is 3. The molecule has 0 aliphatic rings. The Morgan fingerprint density at radius 3 is 2.75 bits per heavy atom. The second kappa shape index (κ2) is 6.66. The molecule has 0 spiro atoms. The summed E-state index contributed by atoms with van der Waals surface area (Å²) in [5.41, 5.74) is 4.78. The Kier molecular flexibility index (Phi) is 4.90. The van der Waals surface area contributed by atoms with Crippen molar-refractivity contribution in [3.63, 3.8) is 0 Å². The molecule has 0 saturated heterocycles. The summed E-state index contributed by atoms with van der Waals surface area (Å²) >= 11 is 0. The van der Waals surface area contributed by atoms with E-state index in [1.807, 2.05) is 19.3 Å². The van der Waals surface area contributed by atoms with Gasteiger partial charge in [0.1, 0.15) is 0 Å². The van der Waals surface area contributed by atoms with E-state index in [1.54, 1.807) is 0 Å². The van der Waals surface area contributed by atoms with Crippen LogP contribution in [0.15, 0.2) is 24.4 Å². The summed E-state index contributed by atoms with van der Waals surface area (Å²) in [6.45, 7) is 7.30. The number of aryl methyl sites for hydroxylation is 3. The highest BCUT2D eigenvalue weighted by Gasteiger charge is 2.16. The lowest BCUT2D eigenvalue weighted by Gasteiger charge is -2.18. The fraction of sp³-hybridized carbons (Fsp3) is 0.500. The average molecular weight is 272 g/mol. The third-order valence-corrected chi connectivity index (χ3v) is 3.72. The van der Waals surface area contributed by atoms with Crippen LogP contribution in [-0.4, -0.2) is 21.8 Å². The van der Waals surface area contributed by atoms with Crippen LogP contribution in [0.1, 0.15) is 42.5 Å². The zero-order chi connectivity index (χ0) is 14.5. The molecule has 20 heavy (non-hydrogen) atoms. The molecule has 4 heteroatoms. The third kappa shape index (κ3) is 3.07. The molecule has 2 aromatic heterocycles. The molecule has 108 valence electrons. The maximum Gasteiger partial charge on any atom is 0.0624 e. The first-order chi connectivity index (χ1) is 9.69. The summed E-state index contributed by atoms with van der Waals surface area (Å²) in [5, 5.41) is 8.00. The van der Waals surface area contributed by atoms with Gasteiger partial charge in [0.2, 0.25) is 0 Å². The second-order valence-corrected chi connectivity index (χ2v) is 5.05. The summed E-state index contributed by atoms with van der Waals surface area (Å²) < 4.78 is 2.10. The van der Waals surface area contributed by atoms with Gasteiger partial charge in [0.25, 0.3) is 0 Å². The third-order valence-electron chi connectivity index (χ3n) is 3.72. The SMILES string of the molecule is CCc1cc(CC(NC)c2ncccc2C)n(CC)n1. The zero-order valence-electron chi connectivity index (χ0n) is 12.8. The fourth-order valence-corrected chi connectivity index (χ4v) is 2.53. The minimum Gasteiger partial charge on any atom is -0.311 e. The predicted molar refractivity (Wildman–Crippen MR) is 81.8 cm³/mol. The molecule has 0 amide bonds. The van der Waals surface area contributed by atoms with Crippen LogP contribution in [0.3, 0.4) is 0 Å². The van der Waals surface area contributed by atoms with Gasteiger partial charge in [-0.2, -0.15) is 5.10 Å². The molecule has 0 aliphatic heterocycles. The largest absolute Gasteiger partial charge is 0.311 e. The minimum absolute atomic E-state index is 0.225. The second-order valence-electron chi connectivity index (χ2n) is 5.05. The normalized spacial score (nSPS) is 12.6. The predicted octanol–water partition coefficient (Wildman–Crippen LogP) is 2.67. The van der Waals surface area contributed by atoms with Crippen molar-refractivity contribution in [2.45, 2.75) is 46.2 Å². The summed E-state index contributed by atoms with van der Waals surface area (Å²) in [5.74, 6) is 0. The molecule has 0 saturated carbocycles. The standard InChI is InChI=1S/C16H24N4/c1-5-13-10-14(20(6-2)19-13)11-15(17-4)16-12(3)8-7-9-18-16/h7-10,15,17H,5-6,11H2,1-4H3. The smallest absolute Gasteiger partial charge is 0.0624 e. The zero-order valence-corrected chi connectivity index (χ0v) is 12.8. The molecule has 1 N–H and O–H groups in total. The fourth-order valence-electron chi connectivity index (χ4n) is 2.53. The van der Waals surface area contributed by atoms with Gasteiger partial charge in [0, 0.05) is 24.9 Å². The molecule has 1 unspecified atom stereocenters. The molecular weight excluding hydrogens is 248 g/mol. The van der Waals surface area contributed by atoms with Crippen LogP contribution >= 0.6 is 0 Å². The van der Waals surface area contributed by atoms with Gasteiger partial charge in [0.05, 0.1) is 17.4 Å². The molecule has 0 fully saturated rings. The first-order valence-electron chi connectivity index (χ1n) is 7.33. The van der Waals surface area contributed by atoms with Gasteiger partial charge in [-0.3, -0.25) is 9.67 Å². The summed E-state index contributed by atoms with van der Waals surface area (Å²) in [6, 6.07) is 6.53. The number of hydrogen-bond donors (Lipinski definition) is 1. The van der Waals surface area contributed by atoms with Gasteiger partial charge in [-0.15, -0.1) is 0 Å². The van der Waals surface area contributed by atoms with Crippen molar-refractivity contribution in [1.29, 1.82) is 0 Å². The number of likely N-dealkylation sites (N-methyl/N-ethyl adjacent to an activating group) is 1. The van der Waals surface area contributed by atoms with Crippen LogP contribution in [0.4, 0.5) is 0 Å². The van der Waals surface area contributed by atoms with Gasteiger partial charge in [-0.25, -0.2) is 0 Å². The van der Waals surface area contributed by atoms with Crippen molar-refractivity contribution in [2.24, 2.45) is 0 Å². The quantitative estimate of drug-likeness (QED) is 0.879. The number of hydrogen-bond acceptors (Lipinski definition) is 3. The molecule has 0 bridgehead atoms. The van der Waals surface area contributed by atoms with Gasteiger partial charge in [0.15, 0.2) is 0 Å². The van der Waals surface area contributed by atoms with Crippen molar-refractivity contribution in [1.82, 2.24) is 20.1 Å². The molecule has 2 rings (SSSR count). The van der Waals surface area contributed by atoms with Crippen LogP contribution in [0, 0.1) is 6.92 Å². The van der Waals surface area contributed by atoms with Crippen molar-refractivity contribution < 1.29 is 0 Å². The van der Waals surface area contributed by atoms with Crippen molar-refractivity contribution in [3.8, 4) is 0 Å². The Bertz CT molecular complexity index is 559. The van der Waals surface area contributed by atoms with E-state index in [9.17, 15) is 0 Å². The van der Waals surface area contributed by atoms with E-state index in [2.05, 4.69) is 53.0 Å². The van der Waals surface area contributed by atoms with E-state index in [-0.39, 0.29) is 6.04 Å². The molecule has 4 nitrogen and oxygen atoms in total. The number of pyridine rings is 1. The van der Waals surface area contributed by atoms with Gasteiger partial charge < -0.3 is 5.32 Å². The topological polar surface area (TPSA) is 42.7 Å². The van der Waals surface area contributed by atoms with Crippen LogP contribution in [0.5, 0.6) is 0 Å². The summed E-state index contributed by atoms with van der Waals surface area (Å²) in [7, 11) is 1.99. The van der Waals surface area contributed by atoms with Gasteiger partial charge in [-0.1, -0.05) is 13.0 Å². The molecular formula is C16H24N4. The van der Waals surface area contributed by atoms with E-state index in [4.69, 9.17) is 0 Å². The Morgan fingerprint density at radius 2 is 2.15 bits per heavy atom. The molecule has 0 aromatic carbocycles. The van der Waals surface area contributed by atoms with E-state index >= 15 is 0 Å². The first kappa shape index (κ1) is 14.7. The maximum atomic E-state index is 4.62. The highest BCUT2D eigenvalue weighted by Crippen LogP contribution is 2.20. The van der Waals surface area contributed by atoms with Crippen LogP contribution in [0.2, 0.25) is 0 Å². The molecule has 2 heterocycles. The summed E-state index contributed by atoms with van der Waals surface area (Å²) in [6.07, 6.45) is 3.75.